The van der Waals surface area contributed by atoms with Crippen LogP contribution in [-0.2, 0) is 26.2 Å². The largest absolute Gasteiger partial charge is 0.352 e. The topological polar surface area (TPSA) is 86.8 Å². The third kappa shape index (κ3) is 7.97. The normalized spacial score (nSPS) is 12.2. The average Bonchev–Trinajstić information content (AvgIpc) is 2.88. The highest BCUT2D eigenvalue weighted by Gasteiger charge is 2.34. The molecule has 208 valence electrons. The number of hydrogen-bond donors (Lipinski definition) is 1. The monoisotopic (exact) mass is 589 g/mol. The molecule has 3 aromatic carbocycles. The van der Waals surface area contributed by atoms with Gasteiger partial charge in [0.25, 0.3) is 10.0 Å². The molecule has 10 heteroatoms. The molecule has 0 saturated heterocycles. The summed E-state index contributed by atoms with van der Waals surface area (Å²) in [5.41, 5.74) is 1.89. The fourth-order valence-corrected chi connectivity index (χ4v) is 5.80. The average molecular weight is 591 g/mol. The van der Waals surface area contributed by atoms with E-state index in [1.165, 1.54) is 23.1 Å². The summed E-state index contributed by atoms with van der Waals surface area (Å²) in [6.07, 6.45) is 0.333. The number of anilines is 1. The van der Waals surface area contributed by atoms with Crippen molar-refractivity contribution in [3.05, 3.63) is 94.0 Å². The Kier molecular flexibility index (Phi) is 10.4. The molecule has 0 aromatic heterocycles. The van der Waals surface area contributed by atoms with E-state index in [1.807, 2.05) is 27.7 Å². The molecule has 0 unspecified atom stereocenters. The molecule has 0 heterocycles. The molecule has 7 nitrogen and oxygen atoms in total. The summed E-state index contributed by atoms with van der Waals surface area (Å²) in [7, 11) is -4.16. The van der Waals surface area contributed by atoms with Crippen molar-refractivity contribution in [2.24, 2.45) is 0 Å². The number of nitrogens with zero attached hydrogens (tertiary/aromatic N) is 2. The molecular weight excluding hydrogens is 557 g/mol. The summed E-state index contributed by atoms with van der Waals surface area (Å²) in [6.45, 7) is 6.90. The number of nitrogens with one attached hydrogen (secondary N) is 1. The van der Waals surface area contributed by atoms with Crippen LogP contribution in [0.5, 0.6) is 0 Å². The van der Waals surface area contributed by atoms with E-state index in [-0.39, 0.29) is 29.1 Å². The lowest BCUT2D eigenvalue weighted by Crippen LogP contribution is -2.53. The molecule has 0 radical (unpaired) electrons. The Hall–Kier alpha value is -3.07. The number of halogens is 2. The third-order valence-corrected chi connectivity index (χ3v) is 8.34. The van der Waals surface area contributed by atoms with E-state index in [2.05, 4.69) is 5.32 Å². The maximum absolute atomic E-state index is 14.0. The zero-order valence-corrected chi connectivity index (χ0v) is 24.7. The molecule has 0 fully saturated rings. The Bertz CT molecular complexity index is 1390. The van der Waals surface area contributed by atoms with Gasteiger partial charge in [0.2, 0.25) is 11.8 Å². The van der Waals surface area contributed by atoms with Crippen molar-refractivity contribution < 1.29 is 18.0 Å². The second-order valence-electron chi connectivity index (χ2n) is 9.54. The highest BCUT2D eigenvalue weighted by Crippen LogP contribution is 2.27. The summed E-state index contributed by atoms with van der Waals surface area (Å²) in [4.78, 5) is 28.6. The summed E-state index contributed by atoms with van der Waals surface area (Å²) in [6, 6.07) is 18.7. The Morgan fingerprint density at radius 2 is 1.56 bits per heavy atom. The van der Waals surface area contributed by atoms with Crippen molar-refractivity contribution in [3.63, 3.8) is 0 Å². The molecule has 0 aliphatic rings. The van der Waals surface area contributed by atoms with Crippen molar-refractivity contribution in [2.45, 2.75) is 57.6 Å². The van der Waals surface area contributed by atoms with Gasteiger partial charge in [0.05, 0.1) is 10.6 Å². The third-order valence-electron chi connectivity index (χ3n) is 6.07. The maximum Gasteiger partial charge on any atom is 0.264 e. The van der Waals surface area contributed by atoms with Crippen LogP contribution in [0.4, 0.5) is 5.69 Å². The van der Waals surface area contributed by atoms with Crippen molar-refractivity contribution in [3.8, 4) is 0 Å². The molecule has 2 amide bonds. The van der Waals surface area contributed by atoms with E-state index < -0.39 is 28.5 Å². The smallest absolute Gasteiger partial charge is 0.264 e. The number of sulfonamides is 1. The van der Waals surface area contributed by atoms with Gasteiger partial charge in [0.15, 0.2) is 0 Å². The summed E-state index contributed by atoms with van der Waals surface area (Å²) in [5, 5.41) is 3.74. The van der Waals surface area contributed by atoms with Gasteiger partial charge in [0, 0.05) is 22.6 Å². The lowest BCUT2D eigenvalue weighted by atomic mass is 10.1. The second kappa shape index (κ2) is 13.3. The number of aryl methyl sites for hydroxylation is 1. The number of hydrogen-bond acceptors (Lipinski definition) is 4. The van der Waals surface area contributed by atoms with Gasteiger partial charge < -0.3 is 10.2 Å². The van der Waals surface area contributed by atoms with E-state index >= 15 is 0 Å². The van der Waals surface area contributed by atoms with Gasteiger partial charge >= 0.3 is 0 Å². The number of benzene rings is 3. The van der Waals surface area contributed by atoms with Crippen molar-refractivity contribution in [2.75, 3.05) is 10.8 Å². The summed E-state index contributed by atoms with van der Waals surface area (Å²) in [5.74, 6) is -0.850. The zero-order valence-electron chi connectivity index (χ0n) is 22.4. The molecule has 39 heavy (non-hydrogen) atoms. The van der Waals surface area contributed by atoms with Crippen LogP contribution in [0.1, 0.15) is 38.3 Å². The van der Waals surface area contributed by atoms with E-state index in [0.29, 0.717) is 16.5 Å². The van der Waals surface area contributed by atoms with Crippen LogP contribution in [0.25, 0.3) is 0 Å². The van der Waals surface area contributed by atoms with Crippen LogP contribution in [0.3, 0.4) is 0 Å². The first-order chi connectivity index (χ1) is 18.4. The number of carbonyl (C=O) groups is 2. The van der Waals surface area contributed by atoms with Crippen LogP contribution in [0.15, 0.2) is 77.7 Å². The summed E-state index contributed by atoms with van der Waals surface area (Å²) >= 11 is 12.3. The SMILES string of the molecule is CC[C@@H](C(=O)NC(C)C)N(Cc1ccc(Cl)cc1)C(=O)CN(c1cccc(Cl)c1)S(=O)(=O)c1ccc(C)cc1. The van der Waals surface area contributed by atoms with Crippen LogP contribution in [0, 0.1) is 6.92 Å². The Balaban J connectivity index is 2.06. The van der Waals surface area contributed by atoms with Gasteiger partial charge in [-0.15, -0.1) is 0 Å². The molecule has 3 rings (SSSR count). The number of carbonyl (C=O) groups excluding carboxylic acids is 2. The fourth-order valence-electron chi connectivity index (χ4n) is 4.08. The molecule has 1 N–H and O–H groups in total. The molecule has 1 atom stereocenters. The van der Waals surface area contributed by atoms with Gasteiger partial charge in [-0.25, -0.2) is 8.42 Å². The van der Waals surface area contributed by atoms with E-state index in [1.54, 1.807) is 54.6 Å². The quantitative estimate of drug-likeness (QED) is 0.305. The van der Waals surface area contributed by atoms with Crippen molar-refractivity contribution in [1.29, 1.82) is 0 Å². The van der Waals surface area contributed by atoms with Crippen LogP contribution >= 0.6 is 23.2 Å². The molecule has 3 aromatic rings. The minimum absolute atomic E-state index is 0.0368. The van der Waals surface area contributed by atoms with Gasteiger partial charge in [-0.2, -0.15) is 0 Å². The maximum atomic E-state index is 14.0. The number of rotatable bonds is 11. The minimum atomic E-state index is -4.16. The van der Waals surface area contributed by atoms with E-state index in [0.717, 1.165) is 15.4 Å². The van der Waals surface area contributed by atoms with Crippen molar-refractivity contribution >= 4 is 50.7 Å². The standard InChI is InChI=1S/C29H33Cl2N3O4S/c1-5-27(29(36)32-20(2)3)33(18-22-11-13-23(30)14-12-22)28(35)19-34(25-8-6-7-24(31)17-25)39(37,38)26-15-9-21(4)10-16-26/h6-17,20,27H,5,18-19H2,1-4H3,(H,32,36)/t27-/m0/s1. The van der Waals surface area contributed by atoms with Gasteiger partial charge in [-0.05, 0) is 75.2 Å². The fraction of sp³-hybridized carbons (Fsp3) is 0.310. The van der Waals surface area contributed by atoms with Crippen LogP contribution in [0.2, 0.25) is 10.0 Å². The Morgan fingerprint density at radius 3 is 2.13 bits per heavy atom. The van der Waals surface area contributed by atoms with Gasteiger partial charge in [-0.1, -0.05) is 66.0 Å². The highest BCUT2D eigenvalue weighted by molar-refractivity contribution is 7.92. The highest BCUT2D eigenvalue weighted by atomic mass is 35.5. The zero-order chi connectivity index (χ0) is 28.7. The lowest BCUT2D eigenvalue weighted by molar-refractivity contribution is -0.140. The molecule has 0 aliphatic heterocycles. The first kappa shape index (κ1) is 30.5. The second-order valence-corrected chi connectivity index (χ2v) is 12.3. The predicted molar refractivity (Wildman–Crippen MR) is 157 cm³/mol. The molecule has 0 saturated carbocycles. The summed E-state index contributed by atoms with van der Waals surface area (Å²) < 4.78 is 28.7. The first-order valence-corrected chi connectivity index (χ1v) is 14.8. The Labute approximate surface area is 240 Å². The molecular formula is C29H33Cl2N3O4S. The van der Waals surface area contributed by atoms with Crippen LogP contribution < -0.4 is 9.62 Å². The van der Waals surface area contributed by atoms with E-state index in [4.69, 9.17) is 23.2 Å². The Morgan fingerprint density at radius 1 is 0.923 bits per heavy atom. The molecule has 0 aliphatic carbocycles. The van der Waals surface area contributed by atoms with Gasteiger partial charge in [0.1, 0.15) is 12.6 Å². The predicted octanol–water partition coefficient (Wildman–Crippen LogP) is 5.83. The number of amides is 2. The first-order valence-electron chi connectivity index (χ1n) is 12.6. The van der Waals surface area contributed by atoms with Crippen molar-refractivity contribution in [1.82, 2.24) is 10.2 Å². The molecule has 0 spiro atoms. The van der Waals surface area contributed by atoms with Crippen LogP contribution in [-0.4, -0.2) is 43.8 Å². The minimum Gasteiger partial charge on any atom is -0.352 e. The molecule has 0 bridgehead atoms. The van der Waals surface area contributed by atoms with Gasteiger partial charge in [-0.3, -0.25) is 13.9 Å². The van der Waals surface area contributed by atoms with E-state index in [9.17, 15) is 18.0 Å². The lowest BCUT2D eigenvalue weighted by Gasteiger charge is -2.33.